The van der Waals surface area contributed by atoms with Crippen molar-refractivity contribution in [2.75, 3.05) is 23.0 Å². The van der Waals surface area contributed by atoms with Crippen molar-refractivity contribution in [2.45, 2.75) is 32.6 Å². The number of hydrogen-bond donors (Lipinski definition) is 1. The predicted molar refractivity (Wildman–Crippen MR) is 159 cm³/mol. The topological polar surface area (TPSA) is 61.2 Å². The van der Waals surface area contributed by atoms with Gasteiger partial charge in [0, 0.05) is 46.0 Å². The first-order valence-electron chi connectivity index (χ1n) is 13.7. The standard InChI is InChI=1S/C33H31N5O/c1-23-19-25(36-35-23)11-4-3-9-18-37-22-38(26-12-5-2-6-13-26)33-30(37)20-24(21-34-33)27-15-10-16-29-28-14-7-8-17-31(28)39-32(27)29/h2,5-8,10,12-17,19-21H,3-4,9,11,18,22H2,1H3,(H,35,36). The van der Waals surface area contributed by atoms with Gasteiger partial charge in [0.25, 0.3) is 0 Å². The molecule has 4 heterocycles. The van der Waals surface area contributed by atoms with Crippen molar-refractivity contribution in [3.8, 4) is 11.1 Å². The lowest BCUT2D eigenvalue weighted by Gasteiger charge is -2.21. The second kappa shape index (κ2) is 9.95. The van der Waals surface area contributed by atoms with Crippen molar-refractivity contribution in [1.29, 1.82) is 0 Å². The van der Waals surface area contributed by atoms with E-state index < -0.39 is 0 Å². The summed E-state index contributed by atoms with van der Waals surface area (Å²) in [4.78, 5) is 9.80. The third kappa shape index (κ3) is 4.42. The molecule has 7 rings (SSSR count). The number of pyridine rings is 1. The van der Waals surface area contributed by atoms with Gasteiger partial charge in [-0.25, -0.2) is 4.98 Å². The van der Waals surface area contributed by atoms with E-state index in [1.807, 2.05) is 18.3 Å². The Hall–Kier alpha value is -4.58. The van der Waals surface area contributed by atoms with Gasteiger partial charge in [0.05, 0.1) is 18.1 Å². The molecule has 1 N–H and O–H groups in total. The molecule has 0 bridgehead atoms. The molecule has 0 radical (unpaired) electrons. The number of nitrogens with zero attached hydrogens (tertiary/aromatic N) is 4. The SMILES string of the molecule is Cc1cc(CCCCCN2CN(c3ccccc3)c3ncc(-c4cccc5c4oc4ccccc45)cc32)n[nH]1. The largest absolute Gasteiger partial charge is 0.455 e. The number of aromatic nitrogens is 3. The summed E-state index contributed by atoms with van der Waals surface area (Å²) in [6.07, 6.45) is 6.43. The molecule has 0 saturated heterocycles. The molecule has 0 spiro atoms. The molecule has 0 fully saturated rings. The van der Waals surface area contributed by atoms with Gasteiger partial charge >= 0.3 is 0 Å². The van der Waals surface area contributed by atoms with Crippen LogP contribution in [0.5, 0.6) is 0 Å². The number of hydrogen-bond acceptors (Lipinski definition) is 5. The van der Waals surface area contributed by atoms with E-state index in [9.17, 15) is 0 Å². The minimum Gasteiger partial charge on any atom is -0.455 e. The van der Waals surface area contributed by atoms with Crippen LogP contribution in [0, 0.1) is 6.92 Å². The highest BCUT2D eigenvalue weighted by atomic mass is 16.3. The zero-order chi connectivity index (χ0) is 26.2. The molecular formula is C33H31N5O. The van der Waals surface area contributed by atoms with Crippen LogP contribution < -0.4 is 9.80 Å². The Morgan fingerprint density at radius 1 is 0.872 bits per heavy atom. The first-order chi connectivity index (χ1) is 19.2. The van der Waals surface area contributed by atoms with E-state index in [4.69, 9.17) is 9.40 Å². The van der Waals surface area contributed by atoms with Crippen LogP contribution in [0.25, 0.3) is 33.1 Å². The molecular weight excluding hydrogens is 482 g/mol. The number of anilines is 3. The Morgan fingerprint density at radius 2 is 1.72 bits per heavy atom. The van der Waals surface area contributed by atoms with E-state index in [1.54, 1.807) is 0 Å². The van der Waals surface area contributed by atoms with Crippen LogP contribution >= 0.6 is 0 Å². The van der Waals surface area contributed by atoms with Gasteiger partial charge in [-0.2, -0.15) is 5.10 Å². The number of nitrogens with one attached hydrogen (secondary N) is 1. The van der Waals surface area contributed by atoms with Crippen molar-refractivity contribution < 1.29 is 4.42 Å². The van der Waals surface area contributed by atoms with Crippen molar-refractivity contribution in [2.24, 2.45) is 0 Å². The number of para-hydroxylation sites is 3. The molecule has 6 nitrogen and oxygen atoms in total. The zero-order valence-corrected chi connectivity index (χ0v) is 22.1. The Bertz CT molecular complexity index is 1750. The predicted octanol–water partition coefficient (Wildman–Crippen LogP) is 8.01. The summed E-state index contributed by atoms with van der Waals surface area (Å²) in [6.45, 7) is 3.83. The molecule has 0 unspecified atom stereocenters. The van der Waals surface area contributed by atoms with Gasteiger partial charge in [-0.05, 0) is 56.5 Å². The van der Waals surface area contributed by atoms with Gasteiger partial charge in [-0.1, -0.05) is 61.0 Å². The Kier molecular flexibility index (Phi) is 6.00. The summed E-state index contributed by atoms with van der Waals surface area (Å²) in [6, 6.07) is 29.6. The second-order valence-electron chi connectivity index (χ2n) is 10.4. The molecule has 194 valence electrons. The van der Waals surface area contributed by atoms with Gasteiger partial charge in [0.2, 0.25) is 0 Å². The number of unbranched alkanes of at least 4 members (excludes halogenated alkanes) is 2. The average Bonchev–Trinajstić information content (AvgIpc) is 3.68. The number of rotatable bonds is 8. The lowest BCUT2D eigenvalue weighted by Crippen LogP contribution is -2.28. The van der Waals surface area contributed by atoms with E-state index >= 15 is 0 Å². The van der Waals surface area contributed by atoms with E-state index in [0.29, 0.717) is 0 Å². The fourth-order valence-corrected chi connectivity index (χ4v) is 5.71. The first-order valence-corrected chi connectivity index (χ1v) is 13.7. The minimum atomic E-state index is 0.795. The molecule has 0 saturated carbocycles. The monoisotopic (exact) mass is 513 g/mol. The highest BCUT2D eigenvalue weighted by Gasteiger charge is 2.29. The molecule has 0 amide bonds. The highest BCUT2D eigenvalue weighted by molar-refractivity contribution is 6.09. The fraction of sp³-hybridized carbons (Fsp3) is 0.212. The Labute approximate surface area is 227 Å². The van der Waals surface area contributed by atoms with Crippen molar-refractivity contribution in [3.63, 3.8) is 0 Å². The third-order valence-corrected chi connectivity index (χ3v) is 7.66. The normalized spacial score (nSPS) is 13.1. The molecule has 1 aliphatic rings. The smallest absolute Gasteiger partial charge is 0.158 e. The Balaban J connectivity index is 1.18. The number of aromatic amines is 1. The van der Waals surface area contributed by atoms with Crippen LogP contribution in [0.2, 0.25) is 0 Å². The van der Waals surface area contributed by atoms with Gasteiger partial charge in [-0.3, -0.25) is 5.10 Å². The number of furan rings is 1. The third-order valence-electron chi connectivity index (χ3n) is 7.66. The maximum atomic E-state index is 6.35. The van der Waals surface area contributed by atoms with Gasteiger partial charge in [-0.15, -0.1) is 0 Å². The summed E-state index contributed by atoms with van der Waals surface area (Å²) >= 11 is 0. The zero-order valence-electron chi connectivity index (χ0n) is 22.1. The number of fused-ring (bicyclic) bond motifs is 4. The summed E-state index contributed by atoms with van der Waals surface area (Å²) < 4.78 is 6.35. The van der Waals surface area contributed by atoms with Gasteiger partial charge < -0.3 is 14.2 Å². The summed E-state index contributed by atoms with van der Waals surface area (Å²) in [5, 5.41) is 9.71. The van der Waals surface area contributed by atoms with Gasteiger partial charge in [0.15, 0.2) is 5.82 Å². The molecule has 1 aliphatic heterocycles. The molecule has 6 aromatic rings. The number of H-pyrrole nitrogens is 1. The lowest BCUT2D eigenvalue weighted by molar-refractivity contribution is 0.654. The van der Waals surface area contributed by atoms with Crippen LogP contribution in [0.15, 0.2) is 95.5 Å². The van der Waals surface area contributed by atoms with Crippen LogP contribution in [-0.4, -0.2) is 28.4 Å². The van der Waals surface area contributed by atoms with Crippen molar-refractivity contribution in [3.05, 3.63) is 103 Å². The maximum Gasteiger partial charge on any atom is 0.158 e. The first kappa shape index (κ1) is 23.5. The number of benzene rings is 3. The average molecular weight is 514 g/mol. The maximum absolute atomic E-state index is 6.35. The molecule has 0 atom stereocenters. The minimum absolute atomic E-state index is 0.795. The quantitative estimate of drug-likeness (QED) is 0.209. The van der Waals surface area contributed by atoms with Crippen molar-refractivity contribution >= 4 is 39.1 Å². The van der Waals surface area contributed by atoms with Crippen LogP contribution in [0.1, 0.15) is 30.7 Å². The fourth-order valence-electron chi connectivity index (χ4n) is 5.71. The van der Waals surface area contributed by atoms with E-state index in [2.05, 4.69) is 99.7 Å². The molecule has 3 aromatic carbocycles. The molecule has 39 heavy (non-hydrogen) atoms. The van der Waals surface area contributed by atoms with Crippen LogP contribution in [-0.2, 0) is 6.42 Å². The lowest BCUT2D eigenvalue weighted by atomic mass is 10.0. The summed E-state index contributed by atoms with van der Waals surface area (Å²) in [7, 11) is 0. The van der Waals surface area contributed by atoms with E-state index in [-0.39, 0.29) is 0 Å². The van der Waals surface area contributed by atoms with Crippen molar-refractivity contribution in [1.82, 2.24) is 15.2 Å². The molecule has 6 heteroatoms. The molecule has 3 aromatic heterocycles. The molecule has 0 aliphatic carbocycles. The van der Waals surface area contributed by atoms with E-state index in [1.165, 1.54) is 5.69 Å². The second-order valence-corrected chi connectivity index (χ2v) is 10.4. The van der Waals surface area contributed by atoms with Gasteiger partial charge in [0.1, 0.15) is 11.2 Å². The summed E-state index contributed by atoms with van der Waals surface area (Å²) in [5.41, 5.74) is 8.60. The van der Waals surface area contributed by atoms with E-state index in [0.717, 1.165) is 94.9 Å². The Morgan fingerprint density at radius 3 is 2.59 bits per heavy atom. The number of aryl methyl sites for hydroxylation is 2. The van der Waals surface area contributed by atoms with Crippen LogP contribution in [0.3, 0.4) is 0 Å². The van der Waals surface area contributed by atoms with Crippen LogP contribution in [0.4, 0.5) is 17.2 Å². The summed E-state index contributed by atoms with van der Waals surface area (Å²) in [5.74, 6) is 1.01. The highest BCUT2D eigenvalue weighted by Crippen LogP contribution is 2.43.